The number of nitrogen functional groups attached to an aromatic ring is 1. The molecule has 2 aromatic rings. The average Bonchev–Trinajstić information content (AvgIpc) is 3.84. The number of phosphoric acid groups is 3. The summed E-state index contributed by atoms with van der Waals surface area (Å²) in [5, 5.41) is 36.4. The van der Waals surface area contributed by atoms with E-state index in [1.54, 1.807) is 12.2 Å². The summed E-state index contributed by atoms with van der Waals surface area (Å²) in [5.74, 6) is -1.31. The molecule has 2 aromatic heterocycles. The number of allylic oxidation sites excluding steroid dienone is 7. The van der Waals surface area contributed by atoms with Crippen LogP contribution in [0.5, 0.6) is 0 Å². The molecular weight excluding hydrogens is 1000 g/mol. The molecule has 0 radical (unpaired) electrons. The van der Waals surface area contributed by atoms with Gasteiger partial charge in [0.25, 0.3) is 15.6 Å². The fourth-order valence-electron chi connectivity index (χ4n) is 6.32. The highest BCUT2D eigenvalue weighted by atomic mass is 32.2. The van der Waals surface area contributed by atoms with Gasteiger partial charge in [-0.15, -0.1) is 0 Å². The van der Waals surface area contributed by atoms with Crippen molar-refractivity contribution in [3.8, 4) is 0 Å². The second-order valence-corrected chi connectivity index (χ2v) is 21.6. The van der Waals surface area contributed by atoms with Crippen molar-refractivity contribution in [1.29, 1.82) is 0 Å². The first kappa shape index (κ1) is 60.8. The lowest BCUT2D eigenvalue weighted by Gasteiger charge is -2.36. The van der Waals surface area contributed by atoms with Gasteiger partial charge in [0, 0.05) is 37.1 Å². The van der Waals surface area contributed by atoms with Crippen molar-refractivity contribution in [3.05, 3.63) is 61.3 Å². The lowest BCUT2D eigenvalue weighted by molar-refractivity contribution is -0.347. The minimum atomic E-state index is -5.93. The Hall–Kier alpha value is -3.52. The van der Waals surface area contributed by atoms with E-state index in [2.05, 4.69) is 74.7 Å². The van der Waals surface area contributed by atoms with Crippen molar-refractivity contribution in [2.45, 2.75) is 122 Å². The van der Waals surface area contributed by atoms with Crippen LogP contribution in [0.2, 0.25) is 0 Å². The minimum Gasteiger partial charge on any atom is -0.790 e. The van der Waals surface area contributed by atoms with Crippen molar-refractivity contribution in [2.75, 3.05) is 37.8 Å². The van der Waals surface area contributed by atoms with E-state index < -0.39 is 90.7 Å². The van der Waals surface area contributed by atoms with Crippen LogP contribution in [-0.4, -0.2) is 114 Å². The van der Waals surface area contributed by atoms with E-state index >= 15 is 0 Å². The molecule has 1 saturated heterocycles. The van der Waals surface area contributed by atoms with Crippen LogP contribution in [0.15, 0.2) is 61.3 Å². The number of aromatic nitrogens is 4. The number of hydrogen-bond acceptors (Lipinski definition) is 23. The zero-order valence-electron chi connectivity index (χ0n) is 38.9. The molecule has 0 aliphatic carbocycles. The van der Waals surface area contributed by atoms with Gasteiger partial charge >= 0.3 is 0 Å². The summed E-state index contributed by atoms with van der Waals surface area (Å²) in [5.41, 5.74) is 4.05. The van der Waals surface area contributed by atoms with Crippen molar-refractivity contribution in [2.24, 2.45) is 5.41 Å². The summed E-state index contributed by atoms with van der Waals surface area (Å²) in [7, 11) is -17.7. The van der Waals surface area contributed by atoms with Gasteiger partial charge in [0.2, 0.25) is 11.8 Å². The Morgan fingerprint density at radius 1 is 0.943 bits per heavy atom. The number of unbranched alkanes of at least 4 members (excludes halogenated alkanes) is 3. The van der Waals surface area contributed by atoms with E-state index in [1.165, 1.54) is 33.1 Å². The molecule has 394 valence electrons. The number of carbonyl (C=O) groups is 3. The quantitative estimate of drug-likeness (QED) is 0.0253. The number of aliphatic hydroxyl groups excluding tert-OH is 3. The Morgan fingerprint density at radius 3 is 2.36 bits per heavy atom. The van der Waals surface area contributed by atoms with E-state index in [0.717, 1.165) is 48.2 Å². The van der Waals surface area contributed by atoms with Crippen LogP contribution in [0.1, 0.15) is 91.2 Å². The molecule has 0 saturated carbocycles. The van der Waals surface area contributed by atoms with Crippen LogP contribution < -0.4 is 35.9 Å². The zero-order valence-corrected chi connectivity index (χ0v) is 42.4. The minimum absolute atomic E-state index is 0.0263. The highest BCUT2D eigenvalue weighted by Crippen LogP contribution is 2.56. The lowest BCUT2D eigenvalue weighted by Crippen LogP contribution is -2.46. The number of phosphoric ester groups is 3. The number of thioether (sulfide) groups is 1. The van der Waals surface area contributed by atoms with Gasteiger partial charge in [0.15, 0.2) is 22.8 Å². The van der Waals surface area contributed by atoms with E-state index in [1.807, 2.05) is 12.2 Å². The number of ether oxygens (including phenoxy) is 1. The van der Waals surface area contributed by atoms with Crippen molar-refractivity contribution < 1.29 is 85.6 Å². The number of amides is 2. The Balaban J connectivity index is 1.32. The van der Waals surface area contributed by atoms with Gasteiger partial charge in [0.1, 0.15) is 36.3 Å². The number of nitrogens with one attached hydrogen (secondary N) is 2. The van der Waals surface area contributed by atoms with E-state index in [0.29, 0.717) is 12.8 Å². The number of carbonyl (C=O) groups excluding carboxylic acids is 3. The molecule has 3 unspecified atom stereocenters. The highest BCUT2D eigenvalue weighted by Gasteiger charge is 2.47. The molecule has 29 heteroatoms. The first-order valence-electron chi connectivity index (χ1n) is 22.2. The second kappa shape index (κ2) is 29.9. The molecule has 2 amide bonds. The molecule has 1 aliphatic heterocycles. The third-order valence-corrected chi connectivity index (χ3v) is 14.0. The van der Waals surface area contributed by atoms with Crippen LogP contribution in [0.4, 0.5) is 5.82 Å². The Labute approximate surface area is 409 Å². The normalized spacial score (nSPS) is 20.7. The third kappa shape index (κ3) is 22.5. The van der Waals surface area contributed by atoms with Gasteiger partial charge in [-0.25, -0.2) is 19.3 Å². The molecule has 3 heterocycles. The smallest absolute Gasteiger partial charge is 0.274 e. The van der Waals surface area contributed by atoms with Gasteiger partial charge in [-0.05, 0) is 38.5 Å². The zero-order chi connectivity index (χ0) is 52.0. The van der Waals surface area contributed by atoms with Gasteiger partial charge in [-0.2, -0.15) is 0 Å². The van der Waals surface area contributed by atoms with E-state index in [-0.39, 0.29) is 53.8 Å². The Morgan fingerprint density at radius 2 is 1.64 bits per heavy atom. The third-order valence-electron chi connectivity index (χ3n) is 10.1. The number of imidazole rings is 1. The molecule has 8 atom stereocenters. The number of rotatable bonds is 33. The second-order valence-electron chi connectivity index (χ2n) is 16.4. The van der Waals surface area contributed by atoms with Gasteiger partial charge in [-0.3, -0.25) is 28.1 Å². The fourth-order valence-corrected chi connectivity index (χ4v) is 9.78. The van der Waals surface area contributed by atoms with Gasteiger partial charge < -0.3 is 74.1 Å². The van der Waals surface area contributed by atoms with Crippen LogP contribution in [-0.2, 0) is 50.7 Å². The summed E-state index contributed by atoms with van der Waals surface area (Å²) in [6.45, 7) is 2.18. The fraction of sp³-hybridized carbons (Fsp3) is 0.610. The van der Waals surface area contributed by atoms with Crippen LogP contribution in [0.25, 0.3) is 11.2 Å². The topological polar surface area (TPSA) is 395 Å². The first-order chi connectivity index (χ1) is 32.9. The molecule has 3 rings (SSSR count). The van der Waals surface area contributed by atoms with Gasteiger partial charge in [-0.1, -0.05) is 94.0 Å². The summed E-state index contributed by atoms with van der Waals surface area (Å²) < 4.78 is 60.8. The number of hydrogen-bond donors (Lipinski definition) is 6. The number of nitrogens with zero attached hydrogens (tertiary/aromatic N) is 4. The average molecular weight is 1070 g/mol. The SMILES string of the molecule is CCCCC/C=C\C/C=C\C/C=C\C=C\C(O)CCCC(=O)SCCNC(=O)CCNC(=O)[C@H](O)C(C)(C)COP(=O)([O-])OP(=O)([O-])OC[C@H]1O[C@@H](n2cnc3c(N)ncnc32)[C@H](O)[C@@H]1OP(=O)([O-])[O-]. The predicted molar refractivity (Wildman–Crippen MR) is 248 cm³/mol. The van der Waals surface area contributed by atoms with Crippen LogP contribution in [0, 0.1) is 5.41 Å². The molecule has 7 N–H and O–H groups in total. The molecule has 1 fully saturated rings. The first-order valence-corrected chi connectivity index (χ1v) is 27.6. The Kier molecular flexibility index (Phi) is 25.9. The monoisotopic (exact) mass is 1070 g/mol. The van der Waals surface area contributed by atoms with Crippen LogP contribution >= 0.6 is 35.2 Å². The molecular formula is C41H62N7O18P3S-4. The molecule has 25 nitrogen and oxygen atoms in total. The maximum atomic E-state index is 12.6. The van der Waals surface area contributed by atoms with Crippen molar-refractivity contribution in [1.82, 2.24) is 30.2 Å². The molecule has 0 aromatic carbocycles. The predicted octanol–water partition coefficient (Wildman–Crippen LogP) is 1.25. The number of aliphatic hydroxyl groups is 3. The summed E-state index contributed by atoms with van der Waals surface area (Å²) >= 11 is 1.03. The maximum absolute atomic E-state index is 12.6. The molecule has 1 aliphatic rings. The summed E-state index contributed by atoms with van der Waals surface area (Å²) in [6, 6.07) is 0. The lowest BCUT2D eigenvalue weighted by atomic mass is 9.87. The molecule has 0 spiro atoms. The number of fused-ring (bicyclic) bond motifs is 1. The standard InChI is InChI=1S/C41H66N7O18P3S/c1-4-5-6-7-8-9-10-11-12-13-14-15-16-18-29(49)19-17-20-32(51)70-24-23-43-31(50)21-22-44-39(54)36(53)41(2,3)26-63-69(60,61)66-68(58,59)62-25-30-35(65-67(55,56)57)34(52)40(64-30)48-28-47-33-37(42)45-27-46-38(33)48/h8-9,11-12,14-16,18,27-30,34-36,40,49,52-53H,4-7,10,13,17,19-26H2,1-3H3,(H,43,50)(H,44,54)(H,58,59)(H,60,61)(H2,42,45,46)(H2,55,56,57)/p-4/b9-8-,12-11-,15-14-,18-16+/t29?,30-,34-,35-,36+,40-/m1/s1. The number of anilines is 1. The Bertz CT molecular complexity index is 2260. The molecule has 70 heavy (non-hydrogen) atoms. The number of nitrogens with two attached hydrogens (primary N) is 1. The van der Waals surface area contributed by atoms with Crippen molar-refractivity contribution >= 4 is 69.1 Å². The molecule has 0 bridgehead atoms. The largest absolute Gasteiger partial charge is 0.790 e. The van der Waals surface area contributed by atoms with Crippen molar-refractivity contribution in [3.63, 3.8) is 0 Å². The maximum Gasteiger partial charge on any atom is 0.274 e. The van der Waals surface area contributed by atoms with Crippen LogP contribution in [0.3, 0.4) is 0 Å². The summed E-state index contributed by atoms with van der Waals surface area (Å²) in [6.07, 6.45) is 15.1. The van der Waals surface area contributed by atoms with Gasteiger partial charge in [0.05, 0.1) is 33.5 Å². The van der Waals surface area contributed by atoms with E-state index in [4.69, 9.17) is 10.5 Å². The summed E-state index contributed by atoms with van der Waals surface area (Å²) in [4.78, 5) is 96.9. The highest BCUT2D eigenvalue weighted by molar-refractivity contribution is 8.13. The van der Waals surface area contributed by atoms with E-state index in [9.17, 15) is 63.0 Å².